The van der Waals surface area contributed by atoms with Crippen LogP contribution in [0.1, 0.15) is 60.8 Å². The first-order chi connectivity index (χ1) is 11.4. The first-order valence-corrected chi connectivity index (χ1v) is 8.92. The van der Waals surface area contributed by atoms with Gasteiger partial charge < -0.3 is 4.84 Å². The van der Waals surface area contributed by atoms with Gasteiger partial charge in [-0.15, -0.1) is 0 Å². The summed E-state index contributed by atoms with van der Waals surface area (Å²) < 4.78 is 0. The zero-order valence-electron chi connectivity index (χ0n) is 16.2. The Balaban J connectivity index is 2.68. The topological polar surface area (TPSA) is 21.6 Å². The number of nitrogens with zero attached hydrogens (tertiary/aromatic N) is 1. The lowest BCUT2D eigenvalue weighted by Gasteiger charge is -2.32. The van der Waals surface area contributed by atoms with E-state index < -0.39 is 0 Å². The lowest BCUT2D eigenvalue weighted by Crippen LogP contribution is -2.19. The van der Waals surface area contributed by atoms with Crippen molar-refractivity contribution in [2.75, 3.05) is 6.61 Å². The molecule has 2 heteroatoms. The Kier molecular flexibility index (Phi) is 8.53. The van der Waals surface area contributed by atoms with Crippen LogP contribution in [0.4, 0.5) is 0 Å². The smallest absolute Gasteiger partial charge is 0.114 e. The lowest BCUT2D eigenvalue weighted by molar-refractivity contribution is 0.160. The van der Waals surface area contributed by atoms with Gasteiger partial charge in [0.2, 0.25) is 0 Å². The van der Waals surface area contributed by atoms with Crippen molar-refractivity contribution in [3.8, 4) is 0 Å². The van der Waals surface area contributed by atoms with E-state index in [-0.39, 0.29) is 0 Å². The molecule has 0 aromatic carbocycles. The maximum Gasteiger partial charge on any atom is 0.114 e. The Hall–Kier alpha value is -1.83. The van der Waals surface area contributed by atoms with Crippen LogP contribution in [0.15, 0.2) is 63.9 Å². The molecule has 0 bridgehead atoms. The van der Waals surface area contributed by atoms with E-state index in [0.29, 0.717) is 12.0 Å². The first kappa shape index (κ1) is 20.2. The lowest BCUT2D eigenvalue weighted by atomic mass is 9.72. The van der Waals surface area contributed by atoms with Gasteiger partial charge in [0.25, 0.3) is 0 Å². The number of rotatable bonds is 7. The average molecular weight is 328 g/mol. The predicted octanol–water partition coefficient (Wildman–Crippen LogP) is 6.54. The number of allylic oxidation sites excluding steroid dienone is 10. The molecule has 132 valence electrons. The van der Waals surface area contributed by atoms with Crippen molar-refractivity contribution < 1.29 is 4.84 Å². The third-order valence-electron chi connectivity index (χ3n) is 4.38. The molecule has 2 nitrogen and oxygen atoms in total. The van der Waals surface area contributed by atoms with Crippen molar-refractivity contribution in [2.24, 2.45) is 10.6 Å². The summed E-state index contributed by atoms with van der Waals surface area (Å²) in [6.07, 6.45) is 18.3. The van der Waals surface area contributed by atoms with E-state index in [4.69, 9.17) is 4.84 Å². The summed E-state index contributed by atoms with van der Waals surface area (Å²) in [5, 5.41) is 3.81. The van der Waals surface area contributed by atoms with Gasteiger partial charge in [0.15, 0.2) is 0 Å². The van der Waals surface area contributed by atoms with Crippen LogP contribution in [0.2, 0.25) is 0 Å². The van der Waals surface area contributed by atoms with Crippen LogP contribution in [0, 0.1) is 5.41 Å². The minimum absolute atomic E-state index is 0.300. The molecular formula is C22H33NO. The monoisotopic (exact) mass is 327 g/mol. The fraction of sp³-hybridized carbons (Fsp3) is 0.500. The van der Waals surface area contributed by atoms with Crippen LogP contribution in [0.25, 0.3) is 0 Å². The van der Waals surface area contributed by atoms with Gasteiger partial charge in [0.1, 0.15) is 6.61 Å². The summed E-state index contributed by atoms with van der Waals surface area (Å²) in [4.78, 5) is 4.92. The molecule has 0 radical (unpaired) electrons. The van der Waals surface area contributed by atoms with Crippen molar-refractivity contribution >= 4 is 6.21 Å². The molecule has 1 aliphatic rings. The molecule has 0 fully saturated rings. The van der Waals surface area contributed by atoms with E-state index >= 15 is 0 Å². The maximum absolute atomic E-state index is 4.92. The normalized spacial score (nSPS) is 19.9. The average Bonchev–Trinajstić information content (AvgIpc) is 2.50. The summed E-state index contributed by atoms with van der Waals surface area (Å²) in [6, 6.07) is 0. The van der Waals surface area contributed by atoms with E-state index in [1.54, 1.807) is 11.8 Å². The van der Waals surface area contributed by atoms with E-state index in [9.17, 15) is 0 Å². The largest absolute Gasteiger partial charge is 0.396 e. The summed E-state index contributed by atoms with van der Waals surface area (Å²) in [5.74, 6) is 0. The number of hydrogen-bond acceptors (Lipinski definition) is 2. The van der Waals surface area contributed by atoms with Crippen LogP contribution in [-0.4, -0.2) is 12.8 Å². The number of hydrogen-bond donors (Lipinski definition) is 0. The number of oxime groups is 1. The van der Waals surface area contributed by atoms with Gasteiger partial charge in [-0.25, -0.2) is 0 Å². The van der Waals surface area contributed by atoms with Gasteiger partial charge in [-0.1, -0.05) is 60.5 Å². The zero-order valence-corrected chi connectivity index (χ0v) is 16.2. The minimum atomic E-state index is 0.300. The first-order valence-electron chi connectivity index (χ1n) is 8.92. The maximum atomic E-state index is 4.92. The fourth-order valence-electron chi connectivity index (χ4n) is 2.95. The molecule has 0 N–H and O–H groups in total. The van der Waals surface area contributed by atoms with Crippen LogP contribution in [-0.2, 0) is 4.84 Å². The second-order valence-electron chi connectivity index (χ2n) is 7.12. The molecule has 0 unspecified atom stereocenters. The van der Waals surface area contributed by atoms with Gasteiger partial charge in [-0.3, -0.25) is 0 Å². The molecule has 0 aromatic heterocycles. The van der Waals surface area contributed by atoms with Crippen LogP contribution >= 0.6 is 0 Å². The third kappa shape index (κ3) is 7.16. The molecule has 0 aliphatic heterocycles. The van der Waals surface area contributed by atoms with Crippen molar-refractivity contribution in [3.05, 3.63) is 58.7 Å². The molecule has 24 heavy (non-hydrogen) atoms. The van der Waals surface area contributed by atoms with E-state index in [1.807, 2.05) is 19.9 Å². The molecule has 0 heterocycles. The highest BCUT2D eigenvalue weighted by atomic mass is 16.6. The van der Waals surface area contributed by atoms with Gasteiger partial charge >= 0.3 is 0 Å². The highest BCUT2D eigenvalue weighted by Crippen LogP contribution is 2.40. The summed E-state index contributed by atoms with van der Waals surface area (Å²) in [6.45, 7) is 13.7. The summed E-state index contributed by atoms with van der Waals surface area (Å²) in [7, 11) is 0. The van der Waals surface area contributed by atoms with Gasteiger partial charge in [0.05, 0.1) is 6.21 Å². The van der Waals surface area contributed by atoms with Crippen molar-refractivity contribution in [1.82, 2.24) is 0 Å². The Bertz CT molecular complexity index is 583. The van der Waals surface area contributed by atoms with Crippen molar-refractivity contribution in [1.29, 1.82) is 0 Å². The van der Waals surface area contributed by atoms with Crippen LogP contribution in [0.5, 0.6) is 0 Å². The quantitative estimate of drug-likeness (QED) is 0.295. The minimum Gasteiger partial charge on any atom is -0.396 e. The molecule has 0 aromatic rings. The molecule has 0 spiro atoms. The highest BCUT2D eigenvalue weighted by Gasteiger charge is 2.26. The fourth-order valence-corrected chi connectivity index (χ4v) is 2.95. The SMILES string of the molecule is CCON=CC=C(C)/C=C/C=C(C)\C=C\C1=C(C)CCCC1(C)C. The molecule has 1 aliphatic carbocycles. The molecule has 1 rings (SSSR count). The van der Waals surface area contributed by atoms with E-state index in [1.165, 1.54) is 30.4 Å². The van der Waals surface area contributed by atoms with E-state index in [0.717, 1.165) is 5.57 Å². The molecule has 0 amide bonds. The molecule has 0 atom stereocenters. The van der Waals surface area contributed by atoms with Crippen LogP contribution in [0.3, 0.4) is 0 Å². The predicted molar refractivity (Wildman–Crippen MR) is 106 cm³/mol. The van der Waals surface area contributed by atoms with Gasteiger partial charge in [-0.2, -0.15) is 0 Å². The van der Waals surface area contributed by atoms with Crippen molar-refractivity contribution in [2.45, 2.75) is 60.8 Å². The standard InChI is InChI=1S/C22H33NO/c1-7-24-23-17-15-19(3)11-8-10-18(2)13-14-21-20(4)12-9-16-22(21,5)6/h8,10-11,13-15,17H,7,9,12,16H2,1-6H3/b11-8+,14-13+,18-10-,19-15?,23-17?. The third-order valence-corrected chi connectivity index (χ3v) is 4.38. The Morgan fingerprint density at radius 2 is 1.88 bits per heavy atom. The Labute approximate surface area is 148 Å². The highest BCUT2D eigenvalue weighted by molar-refractivity contribution is 5.72. The van der Waals surface area contributed by atoms with Gasteiger partial charge in [0, 0.05) is 0 Å². The molecule has 0 saturated heterocycles. The Morgan fingerprint density at radius 3 is 2.54 bits per heavy atom. The Morgan fingerprint density at radius 1 is 1.17 bits per heavy atom. The van der Waals surface area contributed by atoms with Crippen LogP contribution < -0.4 is 0 Å². The van der Waals surface area contributed by atoms with Crippen molar-refractivity contribution in [3.63, 3.8) is 0 Å². The molecule has 0 saturated carbocycles. The zero-order chi connectivity index (χ0) is 18.0. The summed E-state index contributed by atoms with van der Waals surface area (Å²) >= 11 is 0. The molecular weight excluding hydrogens is 294 g/mol. The van der Waals surface area contributed by atoms with Gasteiger partial charge in [-0.05, 0) is 69.6 Å². The van der Waals surface area contributed by atoms with E-state index in [2.05, 4.69) is 63.2 Å². The summed E-state index contributed by atoms with van der Waals surface area (Å²) in [5.41, 5.74) is 5.74. The second-order valence-corrected chi connectivity index (χ2v) is 7.12. The second kappa shape index (κ2) is 10.1.